The number of hydrogen-bond donors (Lipinski definition) is 2. The maximum atomic E-state index is 13.0. The first-order chi connectivity index (χ1) is 14.0. The Morgan fingerprint density at radius 3 is 2.97 bits per heavy atom. The topological polar surface area (TPSA) is 98.2 Å². The first-order valence-corrected chi connectivity index (χ1v) is 9.68. The SMILES string of the molecule is CC(=O)Nc1cc2c(-c3cc(=O)c4c([nH]3)C3(CCOC3)OCC4)cn(C)c2cn1. The van der Waals surface area contributed by atoms with Gasteiger partial charge in [-0.15, -0.1) is 0 Å². The first kappa shape index (κ1) is 18.1. The molecule has 0 aromatic carbocycles. The van der Waals surface area contributed by atoms with Gasteiger partial charge in [0.15, 0.2) is 5.43 Å². The van der Waals surface area contributed by atoms with Gasteiger partial charge in [0.1, 0.15) is 11.4 Å². The smallest absolute Gasteiger partial charge is 0.222 e. The van der Waals surface area contributed by atoms with Gasteiger partial charge in [0, 0.05) is 62.2 Å². The van der Waals surface area contributed by atoms with Crippen LogP contribution in [0.2, 0.25) is 0 Å². The maximum absolute atomic E-state index is 13.0. The zero-order valence-electron chi connectivity index (χ0n) is 16.4. The Kier molecular flexibility index (Phi) is 4.07. The number of amides is 1. The summed E-state index contributed by atoms with van der Waals surface area (Å²) in [6.45, 7) is 3.04. The maximum Gasteiger partial charge on any atom is 0.222 e. The van der Waals surface area contributed by atoms with Gasteiger partial charge in [-0.05, 0) is 6.07 Å². The molecule has 1 fully saturated rings. The number of carbonyl (C=O) groups excluding carboxylic acids is 1. The molecule has 5 rings (SSSR count). The minimum absolute atomic E-state index is 0.0106. The second-order valence-electron chi connectivity index (χ2n) is 7.72. The first-order valence-electron chi connectivity index (χ1n) is 9.68. The molecule has 2 aliphatic heterocycles. The standard InChI is InChI=1S/C21H22N4O4/c1-12(26)23-19-7-14-15(10-25(2)17(14)9-22-19)16-8-18(27)13-3-5-29-21(20(13)24-16)4-6-28-11-21/h7-10H,3-6,11H2,1-2H3,(H,24,27)(H,22,23,26). The lowest BCUT2D eigenvalue weighted by molar-refractivity contribution is -0.114. The highest BCUT2D eigenvalue weighted by Crippen LogP contribution is 2.39. The predicted octanol–water partition coefficient (Wildman–Crippen LogP) is 2.08. The number of ether oxygens (including phenoxy) is 2. The van der Waals surface area contributed by atoms with Crippen LogP contribution in [0.15, 0.2) is 29.3 Å². The minimum Gasteiger partial charge on any atom is -0.378 e. The van der Waals surface area contributed by atoms with Crippen LogP contribution in [-0.2, 0) is 33.3 Å². The molecule has 0 bridgehead atoms. The molecule has 1 atom stereocenters. The van der Waals surface area contributed by atoms with Gasteiger partial charge in [-0.1, -0.05) is 0 Å². The van der Waals surface area contributed by atoms with Gasteiger partial charge >= 0.3 is 0 Å². The second-order valence-corrected chi connectivity index (χ2v) is 7.72. The number of rotatable bonds is 2. The molecule has 0 saturated carbocycles. The minimum atomic E-state index is -0.573. The number of pyridine rings is 2. The summed E-state index contributed by atoms with van der Waals surface area (Å²) in [5.41, 5.74) is 3.55. The van der Waals surface area contributed by atoms with Gasteiger partial charge in [0.25, 0.3) is 0 Å². The molecule has 1 unspecified atom stereocenters. The second kappa shape index (κ2) is 6.53. The van der Waals surface area contributed by atoms with Gasteiger partial charge in [0.05, 0.1) is 36.3 Å². The molecule has 0 aliphatic carbocycles. The Hall–Kier alpha value is -2.97. The van der Waals surface area contributed by atoms with E-state index in [1.165, 1.54) is 6.92 Å². The van der Waals surface area contributed by atoms with Crippen LogP contribution in [0.4, 0.5) is 5.82 Å². The van der Waals surface area contributed by atoms with E-state index >= 15 is 0 Å². The largest absolute Gasteiger partial charge is 0.378 e. The van der Waals surface area contributed by atoms with Gasteiger partial charge < -0.3 is 24.3 Å². The van der Waals surface area contributed by atoms with Crippen LogP contribution in [0.5, 0.6) is 0 Å². The molecule has 8 heteroatoms. The number of anilines is 1. The van der Waals surface area contributed by atoms with E-state index in [4.69, 9.17) is 9.47 Å². The molecule has 1 saturated heterocycles. The third-order valence-corrected chi connectivity index (χ3v) is 5.78. The molecule has 0 radical (unpaired) electrons. The highest BCUT2D eigenvalue weighted by atomic mass is 16.6. The van der Waals surface area contributed by atoms with Crippen LogP contribution >= 0.6 is 0 Å². The fraction of sp³-hybridized carbons (Fsp3) is 0.381. The van der Waals surface area contributed by atoms with Gasteiger partial charge in [-0.2, -0.15) is 0 Å². The molecule has 2 N–H and O–H groups in total. The fourth-order valence-corrected chi connectivity index (χ4v) is 4.39. The quantitative estimate of drug-likeness (QED) is 0.693. The van der Waals surface area contributed by atoms with Crippen molar-refractivity contribution in [2.24, 2.45) is 7.05 Å². The number of aromatic amines is 1. The van der Waals surface area contributed by atoms with Crippen molar-refractivity contribution in [2.75, 3.05) is 25.1 Å². The summed E-state index contributed by atoms with van der Waals surface area (Å²) < 4.78 is 13.7. The third-order valence-electron chi connectivity index (χ3n) is 5.78. The number of carbonyl (C=O) groups is 1. The highest BCUT2D eigenvalue weighted by molar-refractivity contribution is 5.98. The van der Waals surface area contributed by atoms with Crippen LogP contribution in [0.25, 0.3) is 22.2 Å². The van der Waals surface area contributed by atoms with Crippen molar-refractivity contribution in [3.05, 3.63) is 46.0 Å². The van der Waals surface area contributed by atoms with Crippen molar-refractivity contribution in [3.63, 3.8) is 0 Å². The molecule has 150 valence electrons. The van der Waals surface area contributed by atoms with Crippen LogP contribution in [0, 0.1) is 0 Å². The monoisotopic (exact) mass is 394 g/mol. The normalized spacial score (nSPS) is 20.9. The molecule has 8 nitrogen and oxygen atoms in total. The van der Waals surface area contributed by atoms with Crippen LogP contribution in [0.3, 0.4) is 0 Å². The zero-order valence-corrected chi connectivity index (χ0v) is 16.4. The van der Waals surface area contributed by atoms with E-state index in [2.05, 4.69) is 15.3 Å². The summed E-state index contributed by atoms with van der Waals surface area (Å²) in [5.74, 6) is 0.290. The van der Waals surface area contributed by atoms with E-state index in [1.54, 1.807) is 12.3 Å². The number of fused-ring (bicyclic) bond motifs is 3. The number of H-pyrrole nitrogens is 1. The third kappa shape index (κ3) is 2.87. The number of nitrogens with zero attached hydrogens (tertiary/aromatic N) is 2. The predicted molar refractivity (Wildman–Crippen MR) is 108 cm³/mol. The van der Waals surface area contributed by atoms with Crippen LogP contribution in [0.1, 0.15) is 24.6 Å². The van der Waals surface area contributed by atoms with Crippen LogP contribution in [-0.4, -0.2) is 40.3 Å². The van der Waals surface area contributed by atoms with E-state index in [0.717, 1.165) is 39.8 Å². The Labute approximate surface area is 166 Å². The average molecular weight is 394 g/mol. The Balaban J connectivity index is 1.70. The summed E-state index contributed by atoms with van der Waals surface area (Å²) in [5, 5.41) is 3.62. The van der Waals surface area contributed by atoms with E-state index < -0.39 is 5.60 Å². The fourth-order valence-electron chi connectivity index (χ4n) is 4.39. The van der Waals surface area contributed by atoms with Gasteiger partial charge in [-0.25, -0.2) is 4.98 Å². The molecule has 1 amide bonds. The number of nitrogens with one attached hydrogen (secondary N) is 2. The molecule has 3 aromatic rings. The van der Waals surface area contributed by atoms with E-state index in [0.29, 0.717) is 32.1 Å². The molecule has 3 aromatic heterocycles. The van der Waals surface area contributed by atoms with E-state index in [-0.39, 0.29) is 11.3 Å². The van der Waals surface area contributed by atoms with Crippen molar-refractivity contribution in [1.29, 1.82) is 0 Å². The summed E-state index contributed by atoms with van der Waals surface area (Å²) in [6, 6.07) is 3.48. The van der Waals surface area contributed by atoms with E-state index in [1.807, 2.05) is 23.9 Å². The van der Waals surface area contributed by atoms with Gasteiger partial charge in [0.2, 0.25) is 5.91 Å². The lowest BCUT2D eigenvalue weighted by Gasteiger charge is -2.34. The van der Waals surface area contributed by atoms with Crippen molar-refractivity contribution >= 4 is 22.6 Å². The Morgan fingerprint density at radius 2 is 2.21 bits per heavy atom. The molecule has 1 spiro atoms. The number of aromatic nitrogens is 3. The molecular formula is C21H22N4O4. The molecule has 5 heterocycles. The summed E-state index contributed by atoms with van der Waals surface area (Å²) in [6.07, 6.45) is 5.00. The molecule has 2 aliphatic rings. The summed E-state index contributed by atoms with van der Waals surface area (Å²) in [4.78, 5) is 32.2. The zero-order chi connectivity index (χ0) is 20.2. The Bertz CT molecular complexity index is 1190. The molecular weight excluding hydrogens is 372 g/mol. The lowest BCUT2D eigenvalue weighted by atomic mass is 9.89. The van der Waals surface area contributed by atoms with Crippen molar-refractivity contribution < 1.29 is 14.3 Å². The van der Waals surface area contributed by atoms with Crippen LogP contribution < -0.4 is 10.7 Å². The number of aryl methyl sites for hydroxylation is 1. The number of hydrogen-bond acceptors (Lipinski definition) is 5. The lowest BCUT2D eigenvalue weighted by Crippen LogP contribution is -2.39. The van der Waals surface area contributed by atoms with Crippen molar-refractivity contribution in [3.8, 4) is 11.3 Å². The highest BCUT2D eigenvalue weighted by Gasteiger charge is 2.43. The van der Waals surface area contributed by atoms with Crippen molar-refractivity contribution in [2.45, 2.75) is 25.4 Å². The molecule has 29 heavy (non-hydrogen) atoms. The average Bonchev–Trinajstić information content (AvgIpc) is 3.27. The Morgan fingerprint density at radius 1 is 1.34 bits per heavy atom. The van der Waals surface area contributed by atoms with E-state index in [9.17, 15) is 9.59 Å². The summed E-state index contributed by atoms with van der Waals surface area (Å²) >= 11 is 0. The summed E-state index contributed by atoms with van der Waals surface area (Å²) in [7, 11) is 1.93. The van der Waals surface area contributed by atoms with Gasteiger partial charge in [-0.3, -0.25) is 9.59 Å². The van der Waals surface area contributed by atoms with Crippen molar-refractivity contribution in [1.82, 2.24) is 14.5 Å².